The Morgan fingerprint density at radius 3 is 2.56 bits per heavy atom. The number of hydrogen-bond donors (Lipinski definition) is 1. The van der Waals surface area contributed by atoms with Crippen LogP contribution in [0.3, 0.4) is 0 Å². The van der Waals surface area contributed by atoms with Crippen molar-refractivity contribution in [3.05, 3.63) is 0 Å². The molecule has 0 aliphatic carbocycles. The summed E-state index contributed by atoms with van der Waals surface area (Å²) >= 11 is 0. The zero-order valence-corrected chi connectivity index (χ0v) is 9.88. The lowest BCUT2D eigenvalue weighted by molar-refractivity contribution is -0.144. The van der Waals surface area contributed by atoms with Crippen LogP contribution in [0.5, 0.6) is 0 Å². The molecule has 1 N–H and O–H groups in total. The van der Waals surface area contributed by atoms with Gasteiger partial charge in [-0.15, -0.1) is 0 Å². The predicted octanol–water partition coefficient (Wildman–Crippen LogP) is 0.482. The molecule has 5 nitrogen and oxygen atoms in total. The van der Waals surface area contributed by atoms with Crippen molar-refractivity contribution in [2.24, 2.45) is 5.41 Å². The van der Waals surface area contributed by atoms with Crippen LogP contribution in [0.2, 0.25) is 0 Å². The highest BCUT2D eigenvalue weighted by atomic mass is 16.5. The van der Waals surface area contributed by atoms with Gasteiger partial charge in [0.05, 0.1) is 26.2 Å². The molecule has 0 atom stereocenters. The molecule has 1 aliphatic heterocycles. The minimum Gasteiger partial charge on any atom is -0.466 e. The zero-order valence-electron chi connectivity index (χ0n) is 9.88. The zero-order chi connectivity index (χ0) is 12.0. The smallest absolute Gasteiger partial charge is 0.306 e. The SMILES string of the molecule is CCOC(=O)CCC(=O)NCC1(C)COC1. The number of hydrogen-bond acceptors (Lipinski definition) is 4. The van der Waals surface area contributed by atoms with E-state index in [1.54, 1.807) is 6.92 Å². The Bertz CT molecular complexity index is 261. The maximum absolute atomic E-state index is 11.4. The number of nitrogens with one attached hydrogen (secondary N) is 1. The quantitative estimate of drug-likeness (QED) is 0.673. The summed E-state index contributed by atoms with van der Waals surface area (Å²) < 4.78 is 9.81. The topological polar surface area (TPSA) is 64.6 Å². The molecule has 0 spiro atoms. The van der Waals surface area contributed by atoms with Crippen LogP contribution >= 0.6 is 0 Å². The lowest BCUT2D eigenvalue weighted by Gasteiger charge is -2.38. The maximum atomic E-state index is 11.4. The summed E-state index contributed by atoms with van der Waals surface area (Å²) in [6.07, 6.45) is 0.336. The van der Waals surface area contributed by atoms with E-state index in [1.807, 2.05) is 0 Å². The largest absolute Gasteiger partial charge is 0.466 e. The highest BCUT2D eigenvalue weighted by molar-refractivity contribution is 5.81. The normalized spacial score (nSPS) is 17.4. The second kappa shape index (κ2) is 5.84. The molecular formula is C11H19NO4. The summed E-state index contributed by atoms with van der Waals surface area (Å²) in [4.78, 5) is 22.4. The van der Waals surface area contributed by atoms with Gasteiger partial charge < -0.3 is 14.8 Å². The molecular weight excluding hydrogens is 210 g/mol. The summed E-state index contributed by atoms with van der Waals surface area (Å²) in [6, 6.07) is 0. The number of amides is 1. The number of carbonyl (C=O) groups excluding carboxylic acids is 2. The second-order valence-corrected chi connectivity index (χ2v) is 4.39. The van der Waals surface area contributed by atoms with Crippen LogP contribution in [0.4, 0.5) is 0 Å². The predicted molar refractivity (Wildman–Crippen MR) is 57.8 cm³/mol. The lowest BCUT2D eigenvalue weighted by Crippen LogP contribution is -2.48. The maximum Gasteiger partial charge on any atom is 0.306 e. The fourth-order valence-corrected chi connectivity index (χ4v) is 1.40. The number of rotatable bonds is 6. The Kier molecular flexibility index (Phi) is 4.73. The fourth-order valence-electron chi connectivity index (χ4n) is 1.40. The third kappa shape index (κ3) is 4.18. The van der Waals surface area contributed by atoms with Gasteiger partial charge >= 0.3 is 5.97 Å². The van der Waals surface area contributed by atoms with Crippen molar-refractivity contribution in [2.45, 2.75) is 26.7 Å². The van der Waals surface area contributed by atoms with Gasteiger partial charge in [-0.1, -0.05) is 6.92 Å². The van der Waals surface area contributed by atoms with Crippen molar-refractivity contribution in [3.8, 4) is 0 Å². The van der Waals surface area contributed by atoms with E-state index in [1.165, 1.54) is 0 Å². The van der Waals surface area contributed by atoms with Crippen LogP contribution < -0.4 is 5.32 Å². The van der Waals surface area contributed by atoms with Crippen molar-refractivity contribution < 1.29 is 19.1 Å². The van der Waals surface area contributed by atoms with Gasteiger partial charge in [0.15, 0.2) is 0 Å². The molecule has 0 unspecified atom stereocenters. The lowest BCUT2D eigenvalue weighted by atomic mass is 9.89. The van der Waals surface area contributed by atoms with Gasteiger partial charge in [-0.3, -0.25) is 9.59 Å². The molecule has 0 aromatic heterocycles. The van der Waals surface area contributed by atoms with Gasteiger partial charge in [-0.2, -0.15) is 0 Å². The average Bonchev–Trinajstić information content (AvgIpc) is 2.21. The van der Waals surface area contributed by atoms with Crippen LogP contribution in [0.15, 0.2) is 0 Å². The Balaban J connectivity index is 2.09. The molecule has 1 rings (SSSR count). The minimum atomic E-state index is -0.323. The van der Waals surface area contributed by atoms with Crippen molar-refractivity contribution in [3.63, 3.8) is 0 Å². The van der Waals surface area contributed by atoms with E-state index in [0.717, 1.165) is 0 Å². The molecule has 16 heavy (non-hydrogen) atoms. The van der Waals surface area contributed by atoms with Crippen molar-refractivity contribution in [2.75, 3.05) is 26.4 Å². The van der Waals surface area contributed by atoms with E-state index < -0.39 is 0 Å². The molecule has 1 saturated heterocycles. The van der Waals surface area contributed by atoms with E-state index in [9.17, 15) is 9.59 Å². The van der Waals surface area contributed by atoms with Gasteiger partial charge in [-0.25, -0.2) is 0 Å². The van der Waals surface area contributed by atoms with E-state index in [2.05, 4.69) is 12.2 Å². The second-order valence-electron chi connectivity index (χ2n) is 4.39. The first-order valence-corrected chi connectivity index (χ1v) is 5.56. The summed E-state index contributed by atoms with van der Waals surface area (Å²) in [7, 11) is 0. The first kappa shape index (κ1) is 13.0. The van der Waals surface area contributed by atoms with Gasteiger partial charge in [-0.05, 0) is 6.92 Å². The molecule has 0 saturated carbocycles. The standard InChI is InChI=1S/C11H19NO4/c1-3-16-10(14)5-4-9(13)12-6-11(2)7-15-8-11/h3-8H2,1-2H3,(H,12,13). The van der Waals surface area contributed by atoms with Crippen molar-refractivity contribution >= 4 is 11.9 Å². The third-order valence-electron chi connectivity index (χ3n) is 2.47. The molecule has 0 aromatic carbocycles. The first-order valence-electron chi connectivity index (χ1n) is 5.56. The van der Waals surface area contributed by atoms with Crippen LogP contribution in [0.25, 0.3) is 0 Å². The molecule has 0 bridgehead atoms. The number of esters is 1. The minimum absolute atomic E-state index is 0.0690. The molecule has 1 fully saturated rings. The molecule has 0 aromatic rings. The Labute approximate surface area is 95.5 Å². The van der Waals surface area contributed by atoms with Crippen LogP contribution in [-0.2, 0) is 19.1 Å². The summed E-state index contributed by atoms with van der Waals surface area (Å²) in [6.45, 7) is 6.14. The number of ether oxygens (including phenoxy) is 2. The molecule has 1 amide bonds. The van der Waals surface area contributed by atoms with Gasteiger partial charge in [0, 0.05) is 18.4 Å². The van der Waals surface area contributed by atoms with E-state index in [0.29, 0.717) is 26.4 Å². The van der Waals surface area contributed by atoms with Gasteiger partial charge in [0.25, 0.3) is 0 Å². The number of carbonyl (C=O) groups is 2. The van der Waals surface area contributed by atoms with Crippen LogP contribution in [-0.4, -0.2) is 38.2 Å². The Morgan fingerprint density at radius 2 is 2.06 bits per heavy atom. The molecule has 1 aliphatic rings. The summed E-state index contributed by atoms with van der Waals surface area (Å²) in [5.41, 5.74) is 0.0690. The third-order valence-corrected chi connectivity index (χ3v) is 2.47. The van der Waals surface area contributed by atoms with Gasteiger partial charge in [0.1, 0.15) is 0 Å². The van der Waals surface area contributed by atoms with Crippen molar-refractivity contribution in [1.29, 1.82) is 0 Å². The van der Waals surface area contributed by atoms with E-state index >= 15 is 0 Å². The summed E-state index contributed by atoms with van der Waals surface area (Å²) in [5.74, 6) is -0.433. The highest BCUT2D eigenvalue weighted by Gasteiger charge is 2.33. The monoisotopic (exact) mass is 229 g/mol. The molecule has 0 radical (unpaired) electrons. The van der Waals surface area contributed by atoms with Crippen LogP contribution in [0, 0.1) is 5.41 Å². The first-order chi connectivity index (χ1) is 7.56. The molecule has 1 heterocycles. The van der Waals surface area contributed by atoms with E-state index in [4.69, 9.17) is 9.47 Å². The molecule has 92 valence electrons. The Hall–Kier alpha value is -1.10. The fraction of sp³-hybridized carbons (Fsp3) is 0.818. The molecule has 5 heteroatoms. The summed E-state index contributed by atoms with van der Waals surface area (Å²) in [5, 5.41) is 2.80. The highest BCUT2D eigenvalue weighted by Crippen LogP contribution is 2.24. The van der Waals surface area contributed by atoms with Crippen molar-refractivity contribution in [1.82, 2.24) is 5.32 Å². The Morgan fingerprint density at radius 1 is 1.38 bits per heavy atom. The van der Waals surface area contributed by atoms with Gasteiger partial charge in [0.2, 0.25) is 5.91 Å². The van der Waals surface area contributed by atoms with Crippen LogP contribution in [0.1, 0.15) is 26.7 Å². The average molecular weight is 229 g/mol. The van der Waals surface area contributed by atoms with E-state index in [-0.39, 0.29) is 30.1 Å².